The maximum atomic E-state index is 10.9. The Balaban J connectivity index is 2.06. The summed E-state index contributed by atoms with van der Waals surface area (Å²) in [4.78, 5) is 2.54. The van der Waals surface area contributed by atoms with Crippen molar-refractivity contribution in [2.24, 2.45) is 0 Å². The van der Waals surface area contributed by atoms with Gasteiger partial charge >= 0.3 is 0 Å². The molecule has 0 aromatic rings. The molecule has 0 aliphatic carbocycles. The first-order valence-electron chi connectivity index (χ1n) is 6.37. The third kappa shape index (κ3) is 5.41. The van der Waals surface area contributed by atoms with Crippen molar-refractivity contribution in [1.82, 2.24) is 10.2 Å². The van der Waals surface area contributed by atoms with Crippen LogP contribution in [0.25, 0.3) is 0 Å². The highest BCUT2D eigenvalue weighted by atomic mass is 32.2. The van der Waals surface area contributed by atoms with Gasteiger partial charge in [-0.25, -0.2) is 0 Å². The Hall–Kier alpha value is 0.0700. The van der Waals surface area contributed by atoms with E-state index in [0.29, 0.717) is 12.1 Å². The minimum absolute atomic E-state index is 0.632. The predicted octanol–water partition coefficient (Wildman–Crippen LogP) is 1.22. The van der Waals surface area contributed by atoms with Gasteiger partial charge in [0.05, 0.1) is 0 Å². The first-order valence-corrected chi connectivity index (χ1v) is 8.09. The molecular weight excluding hydrogens is 220 g/mol. The Bertz CT molecular complexity index is 213. The summed E-state index contributed by atoms with van der Waals surface area (Å²) in [7, 11) is -0.632. The second kappa shape index (κ2) is 7.41. The third-order valence-electron chi connectivity index (χ3n) is 3.30. The molecule has 1 heterocycles. The van der Waals surface area contributed by atoms with E-state index in [4.69, 9.17) is 0 Å². The van der Waals surface area contributed by atoms with Gasteiger partial charge in [0.25, 0.3) is 0 Å². The van der Waals surface area contributed by atoms with Crippen LogP contribution >= 0.6 is 0 Å². The van der Waals surface area contributed by atoms with Gasteiger partial charge < -0.3 is 10.2 Å². The second-order valence-corrected chi connectivity index (χ2v) is 6.54. The van der Waals surface area contributed by atoms with Crippen molar-refractivity contribution in [3.05, 3.63) is 0 Å². The van der Waals surface area contributed by atoms with E-state index >= 15 is 0 Å². The van der Waals surface area contributed by atoms with Crippen LogP contribution in [0.2, 0.25) is 0 Å². The van der Waals surface area contributed by atoms with Crippen molar-refractivity contribution in [2.45, 2.75) is 45.2 Å². The minimum Gasteiger partial charge on any atom is -0.314 e. The molecule has 4 heteroatoms. The molecule has 0 aromatic heterocycles. The summed E-state index contributed by atoms with van der Waals surface area (Å²) in [5.41, 5.74) is 0. The highest BCUT2D eigenvalue weighted by molar-refractivity contribution is 7.84. The van der Waals surface area contributed by atoms with Crippen LogP contribution in [0.5, 0.6) is 0 Å². The summed E-state index contributed by atoms with van der Waals surface area (Å²) in [6.07, 6.45) is 5.33. The number of piperidine rings is 1. The number of hydrogen-bond donors (Lipinski definition) is 1. The van der Waals surface area contributed by atoms with Crippen molar-refractivity contribution < 1.29 is 4.21 Å². The highest BCUT2D eigenvalue weighted by Gasteiger charge is 2.19. The molecule has 1 atom stereocenters. The highest BCUT2D eigenvalue weighted by Crippen LogP contribution is 2.12. The van der Waals surface area contributed by atoms with Crippen LogP contribution in [0, 0.1) is 0 Å². The van der Waals surface area contributed by atoms with Gasteiger partial charge in [-0.15, -0.1) is 0 Å². The van der Waals surface area contributed by atoms with Crippen molar-refractivity contribution in [3.63, 3.8) is 0 Å². The third-order valence-corrected chi connectivity index (χ3v) is 4.17. The van der Waals surface area contributed by atoms with Crippen LogP contribution in [0.3, 0.4) is 0 Å². The quantitative estimate of drug-likeness (QED) is 0.715. The monoisotopic (exact) mass is 246 g/mol. The van der Waals surface area contributed by atoms with Crippen LogP contribution in [0.1, 0.15) is 33.1 Å². The summed E-state index contributed by atoms with van der Waals surface area (Å²) in [6, 6.07) is 1.36. The molecule has 1 rings (SSSR count). The summed E-state index contributed by atoms with van der Waals surface area (Å²) < 4.78 is 10.9. The average molecular weight is 246 g/mol. The van der Waals surface area contributed by atoms with Crippen LogP contribution in [0.15, 0.2) is 0 Å². The van der Waals surface area contributed by atoms with Gasteiger partial charge in [0, 0.05) is 34.9 Å². The molecule has 0 amide bonds. The Kier molecular flexibility index (Phi) is 6.54. The van der Waals surface area contributed by atoms with Gasteiger partial charge in [0.1, 0.15) is 0 Å². The van der Waals surface area contributed by atoms with Crippen molar-refractivity contribution in [3.8, 4) is 0 Å². The fourth-order valence-corrected chi connectivity index (χ4v) is 2.75. The normalized spacial score (nSPS) is 21.5. The molecule has 1 aliphatic heterocycles. The predicted molar refractivity (Wildman–Crippen MR) is 71.3 cm³/mol. The molecule has 1 fully saturated rings. The zero-order chi connectivity index (χ0) is 12.0. The summed E-state index contributed by atoms with van der Waals surface area (Å²) in [5, 5.41) is 3.58. The molecule has 0 radical (unpaired) electrons. The van der Waals surface area contributed by atoms with Crippen LogP contribution in [-0.4, -0.2) is 52.8 Å². The van der Waals surface area contributed by atoms with Crippen LogP contribution in [0.4, 0.5) is 0 Å². The van der Waals surface area contributed by atoms with E-state index < -0.39 is 10.8 Å². The van der Waals surface area contributed by atoms with E-state index in [2.05, 4.69) is 24.1 Å². The summed E-state index contributed by atoms with van der Waals surface area (Å²) in [5.74, 6) is 0.831. The average Bonchev–Trinajstić information content (AvgIpc) is 2.25. The summed E-state index contributed by atoms with van der Waals surface area (Å²) in [6.45, 7) is 7.99. The number of hydrogen-bond acceptors (Lipinski definition) is 3. The fraction of sp³-hybridized carbons (Fsp3) is 1.00. The molecule has 0 spiro atoms. The number of nitrogens with zero attached hydrogens (tertiary/aromatic N) is 1. The molecule has 1 unspecified atom stereocenters. The van der Waals surface area contributed by atoms with E-state index in [1.807, 2.05) is 0 Å². The lowest BCUT2D eigenvalue weighted by Gasteiger charge is -2.35. The van der Waals surface area contributed by atoms with Gasteiger partial charge in [0.15, 0.2) is 0 Å². The largest absolute Gasteiger partial charge is 0.314 e. The molecule has 0 bridgehead atoms. The SMILES string of the molecule is CC(C)N1CCC(NCCCS(C)=O)CC1. The molecule has 1 saturated heterocycles. The molecule has 0 saturated carbocycles. The molecule has 96 valence electrons. The van der Waals surface area contributed by atoms with E-state index in [-0.39, 0.29) is 0 Å². The second-order valence-electron chi connectivity index (χ2n) is 4.99. The van der Waals surface area contributed by atoms with E-state index in [0.717, 1.165) is 18.7 Å². The Morgan fingerprint density at radius 1 is 1.38 bits per heavy atom. The topological polar surface area (TPSA) is 32.3 Å². The van der Waals surface area contributed by atoms with E-state index in [1.165, 1.54) is 25.9 Å². The Morgan fingerprint density at radius 3 is 2.50 bits per heavy atom. The van der Waals surface area contributed by atoms with Gasteiger partial charge in [-0.2, -0.15) is 0 Å². The van der Waals surface area contributed by atoms with Crippen molar-refractivity contribution in [2.75, 3.05) is 31.6 Å². The first kappa shape index (κ1) is 14.1. The van der Waals surface area contributed by atoms with Gasteiger partial charge in [-0.1, -0.05) is 0 Å². The van der Waals surface area contributed by atoms with Crippen LogP contribution < -0.4 is 5.32 Å². The lowest BCUT2D eigenvalue weighted by atomic mass is 10.0. The van der Waals surface area contributed by atoms with Crippen molar-refractivity contribution in [1.29, 1.82) is 0 Å². The maximum Gasteiger partial charge on any atom is 0.0244 e. The van der Waals surface area contributed by atoms with Crippen molar-refractivity contribution >= 4 is 10.8 Å². The standard InChI is InChI=1S/C12H26N2OS/c1-11(2)14-8-5-12(6-9-14)13-7-4-10-16(3)15/h11-13H,4-10H2,1-3H3. The molecule has 16 heavy (non-hydrogen) atoms. The number of rotatable bonds is 6. The lowest BCUT2D eigenvalue weighted by molar-refractivity contribution is 0.161. The van der Waals surface area contributed by atoms with Gasteiger partial charge in [0.2, 0.25) is 0 Å². The number of nitrogens with one attached hydrogen (secondary N) is 1. The molecular formula is C12H26N2OS. The van der Waals surface area contributed by atoms with E-state index in [9.17, 15) is 4.21 Å². The zero-order valence-corrected chi connectivity index (χ0v) is 11.7. The minimum atomic E-state index is -0.632. The first-order chi connectivity index (χ1) is 7.59. The smallest absolute Gasteiger partial charge is 0.0244 e. The van der Waals surface area contributed by atoms with E-state index in [1.54, 1.807) is 6.26 Å². The maximum absolute atomic E-state index is 10.9. The molecule has 0 aromatic carbocycles. The fourth-order valence-electron chi connectivity index (χ4n) is 2.20. The van der Waals surface area contributed by atoms with Gasteiger partial charge in [-0.3, -0.25) is 4.21 Å². The lowest BCUT2D eigenvalue weighted by Crippen LogP contribution is -2.45. The Labute approximate surface area is 102 Å². The Morgan fingerprint density at radius 2 is 2.00 bits per heavy atom. The zero-order valence-electron chi connectivity index (χ0n) is 10.9. The van der Waals surface area contributed by atoms with Crippen LogP contribution in [-0.2, 0) is 10.8 Å². The van der Waals surface area contributed by atoms with Gasteiger partial charge in [-0.05, 0) is 52.7 Å². The molecule has 3 nitrogen and oxygen atoms in total. The molecule has 1 N–H and O–H groups in total. The number of likely N-dealkylation sites (tertiary alicyclic amines) is 1. The summed E-state index contributed by atoms with van der Waals surface area (Å²) >= 11 is 0. The molecule has 1 aliphatic rings.